The lowest BCUT2D eigenvalue weighted by atomic mass is 10.1. The van der Waals surface area contributed by atoms with Crippen LogP contribution in [0.2, 0.25) is 0 Å². The molecule has 3 aromatic carbocycles. The van der Waals surface area contributed by atoms with Gasteiger partial charge >= 0.3 is 5.97 Å². The Morgan fingerprint density at radius 1 is 0.912 bits per heavy atom. The standard InChI is InChI=1S/C24H19N3O6S/c1-32-21-14-16(12-13-19(21)23(28)29)20-15-22(33-17-8-4-2-5-9-17)26-24(25-20)27-34(30,31)18-10-6-3-7-11-18/h2-15H,1H3,(H,28,29)(H,25,26,27). The van der Waals surface area contributed by atoms with Crippen LogP contribution >= 0.6 is 0 Å². The Hall–Kier alpha value is -4.44. The molecule has 9 nitrogen and oxygen atoms in total. The normalized spacial score (nSPS) is 11.0. The number of aromatic nitrogens is 2. The molecule has 0 atom stereocenters. The summed E-state index contributed by atoms with van der Waals surface area (Å²) < 4.78 is 39.0. The molecule has 0 fully saturated rings. The molecule has 1 aromatic heterocycles. The molecule has 0 aliphatic carbocycles. The number of sulfonamides is 1. The third kappa shape index (κ3) is 5.13. The lowest BCUT2D eigenvalue weighted by Gasteiger charge is -2.12. The van der Waals surface area contributed by atoms with Gasteiger partial charge in [0.25, 0.3) is 10.0 Å². The van der Waals surface area contributed by atoms with Gasteiger partial charge in [-0.25, -0.2) is 22.9 Å². The van der Waals surface area contributed by atoms with Crippen molar-refractivity contribution >= 4 is 21.9 Å². The Bertz CT molecular complexity index is 1430. The number of anilines is 1. The summed E-state index contributed by atoms with van der Waals surface area (Å²) in [5, 5.41) is 9.34. The first-order valence-corrected chi connectivity index (χ1v) is 11.5. The van der Waals surface area contributed by atoms with E-state index in [4.69, 9.17) is 9.47 Å². The summed E-state index contributed by atoms with van der Waals surface area (Å²) in [6, 6.07) is 22.6. The summed E-state index contributed by atoms with van der Waals surface area (Å²) in [7, 11) is -2.61. The molecule has 0 bridgehead atoms. The van der Waals surface area contributed by atoms with Crippen LogP contribution in [0.3, 0.4) is 0 Å². The van der Waals surface area contributed by atoms with Crippen LogP contribution in [-0.2, 0) is 10.0 Å². The van der Waals surface area contributed by atoms with Crippen molar-refractivity contribution in [2.75, 3.05) is 11.8 Å². The molecular weight excluding hydrogens is 458 g/mol. The smallest absolute Gasteiger partial charge is 0.339 e. The third-order valence-corrected chi connectivity index (χ3v) is 6.02. The van der Waals surface area contributed by atoms with Gasteiger partial charge in [0.2, 0.25) is 11.8 Å². The minimum absolute atomic E-state index is 0.0222. The summed E-state index contributed by atoms with van der Waals surface area (Å²) in [5.74, 6) is -0.657. The summed E-state index contributed by atoms with van der Waals surface area (Å²) in [5.41, 5.74) is 0.746. The summed E-state index contributed by atoms with van der Waals surface area (Å²) in [6.45, 7) is 0. The highest BCUT2D eigenvalue weighted by atomic mass is 32.2. The van der Waals surface area contributed by atoms with E-state index in [1.165, 1.54) is 43.5 Å². The van der Waals surface area contributed by atoms with Crippen molar-refractivity contribution in [1.82, 2.24) is 9.97 Å². The fourth-order valence-corrected chi connectivity index (χ4v) is 4.05. The van der Waals surface area contributed by atoms with Crippen molar-refractivity contribution in [2.45, 2.75) is 4.90 Å². The second kappa shape index (κ2) is 9.59. The number of ether oxygens (including phenoxy) is 2. The number of rotatable bonds is 8. The van der Waals surface area contributed by atoms with E-state index in [0.717, 1.165) is 0 Å². The number of carboxylic acids is 1. The van der Waals surface area contributed by atoms with E-state index in [2.05, 4.69) is 14.7 Å². The van der Waals surface area contributed by atoms with Crippen LogP contribution in [-0.4, -0.2) is 36.6 Å². The van der Waals surface area contributed by atoms with Crippen LogP contribution in [0.15, 0.2) is 89.8 Å². The number of hydrogen-bond acceptors (Lipinski definition) is 7. The van der Waals surface area contributed by atoms with Gasteiger partial charge in [-0.05, 0) is 36.4 Å². The average Bonchev–Trinajstić information content (AvgIpc) is 2.84. The number of para-hydroxylation sites is 1. The Kier molecular flexibility index (Phi) is 6.42. The first-order chi connectivity index (χ1) is 16.4. The highest BCUT2D eigenvalue weighted by Crippen LogP contribution is 2.30. The van der Waals surface area contributed by atoms with E-state index in [1.54, 1.807) is 42.5 Å². The lowest BCUT2D eigenvalue weighted by molar-refractivity contribution is 0.0693. The van der Waals surface area contributed by atoms with E-state index in [-0.39, 0.29) is 28.0 Å². The topological polar surface area (TPSA) is 128 Å². The van der Waals surface area contributed by atoms with Crippen LogP contribution in [0.4, 0.5) is 5.95 Å². The van der Waals surface area contributed by atoms with E-state index >= 15 is 0 Å². The molecule has 34 heavy (non-hydrogen) atoms. The Balaban J connectivity index is 1.78. The lowest BCUT2D eigenvalue weighted by Crippen LogP contribution is -2.15. The fraction of sp³-hybridized carbons (Fsp3) is 0.0417. The Morgan fingerprint density at radius 2 is 1.59 bits per heavy atom. The van der Waals surface area contributed by atoms with Crippen LogP contribution < -0.4 is 14.2 Å². The van der Waals surface area contributed by atoms with Gasteiger partial charge in [0.1, 0.15) is 17.1 Å². The Morgan fingerprint density at radius 3 is 2.24 bits per heavy atom. The van der Waals surface area contributed by atoms with Gasteiger partial charge in [0.05, 0.1) is 17.7 Å². The summed E-state index contributed by atoms with van der Waals surface area (Å²) in [4.78, 5) is 20.0. The largest absolute Gasteiger partial charge is 0.496 e. The zero-order valence-corrected chi connectivity index (χ0v) is 18.7. The highest BCUT2D eigenvalue weighted by Gasteiger charge is 2.19. The second-order valence-electron chi connectivity index (χ2n) is 6.97. The van der Waals surface area contributed by atoms with Crippen LogP contribution in [0.25, 0.3) is 11.3 Å². The zero-order chi connectivity index (χ0) is 24.1. The first kappa shape index (κ1) is 22.7. The highest BCUT2D eigenvalue weighted by molar-refractivity contribution is 7.92. The molecule has 0 saturated carbocycles. The molecule has 2 N–H and O–H groups in total. The van der Waals surface area contributed by atoms with Gasteiger partial charge in [-0.2, -0.15) is 4.98 Å². The van der Waals surface area contributed by atoms with Crippen molar-refractivity contribution in [3.63, 3.8) is 0 Å². The van der Waals surface area contributed by atoms with Gasteiger partial charge in [-0.3, -0.25) is 0 Å². The van der Waals surface area contributed by atoms with Gasteiger partial charge < -0.3 is 14.6 Å². The number of carbonyl (C=O) groups is 1. The first-order valence-electron chi connectivity index (χ1n) is 9.97. The minimum Gasteiger partial charge on any atom is -0.496 e. The van der Waals surface area contributed by atoms with Crippen molar-refractivity contribution in [1.29, 1.82) is 0 Å². The van der Waals surface area contributed by atoms with E-state index in [1.807, 2.05) is 6.07 Å². The maximum Gasteiger partial charge on any atom is 0.339 e. The molecule has 172 valence electrons. The van der Waals surface area contributed by atoms with E-state index < -0.39 is 16.0 Å². The third-order valence-electron chi connectivity index (χ3n) is 4.68. The van der Waals surface area contributed by atoms with Crippen LogP contribution in [0.1, 0.15) is 10.4 Å². The van der Waals surface area contributed by atoms with Gasteiger partial charge in [0.15, 0.2) is 0 Å². The monoisotopic (exact) mass is 477 g/mol. The molecule has 4 aromatic rings. The molecule has 0 aliphatic rings. The molecule has 0 unspecified atom stereocenters. The number of benzene rings is 3. The van der Waals surface area contributed by atoms with Crippen molar-refractivity contribution in [2.24, 2.45) is 0 Å². The summed E-state index contributed by atoms with van der Waals surface area (Å²) >= 11 is 0. The van der Waals surface area contributed by atoms with Crippen molar-refractivity contribution in [3.8, 4) is 28.6 Å². The maximum atomic E-state index is 12.8. The van der Waals surface area contributed by atoms with Crippen molar-refractivity contribution < 1.29 is 27.8 Å². The quantitative estimate of drug-likeness (QED) is 0.381. The number of methoxy groups -OCH3 is 1. The minimum atomic E-state index is -3.97. The molecular formula is C24H19N3O6S. The SMILES string of the molecule is COc1cc(-c2cc(Oc3ccccc3)nc(NS(=O)(=O)c3ccccc3)n2)ccc1C(=O)O. The molecule has 0 saturated heterocycles. The molecule has 1 heterocycles. The molecule has 4 rings (SSSR count). The molecule has 0 radical (unpaired) electrons. The molecule has 0 aliphatic heterocycles. The predicted octanol–water partition coefficient (Wildman–Crippen LogP) is 4.44. The van der Waals surface area contributed by atoms with E-state index in [9.17, 15) is 18.3 Å². The molecule has 0 amide bonds. The summed E-state index contributed by atoms with van der Waals surface area (Å²) in [6.07, 6.45) is 0. The maximum absolute atomic E-state index is 12.8. The predicted molar refractivity (Wildman–Crippen MR) is 125 cm³/mol. The van der Waals surface area contributed by atoms with Crippen molar-refractivity contribution in [3.05, 3.63) is 90.5 Å². The van der Waals surface area contributed by atoms with Gasteiger partial charge in [-0.15, -0.1) is 0 Å². The van der Waals surface area contributed by atoms with Gasteiger partial charge in [0, 0.05) is 11.6 Å². The van der Waals surface area contributed by atoms with Crippen LogP contribution in [0, 0.1) is 0 Å². The molecule has 0 spiro atoms. The fourth-order valence-electron chi connectivity index (χ4n) is 3.09. The second-order valence-corrected chi connectivity index (χ2v) is 8.65. The average molecular weight is 477 g/mol. The number of carboxylic acid groups (broad SMARTS) is 1. The number of hydrogen-bond donors (Lipinski definition) is 2. The van der Waals surface area contributed by atoms with Crippen LogP contribution in [0.5, 0.6) is 17.4 Å². The molecule has 10 heteroatoms. The number of nitrogens with zero attached hydrogens (tertiary/aromatic N) is 2. The number of aromatic carboxylic acids is 1. The van der Waals surface area contributed by atoms with Gasteiger partial charge in [-0.1, -0.05) is 42.5 Å². The Labute approximate surface area is 195 Å². The number of nitrogens with one attached hydrogen (secondary N) is 1. The zero-order valence-electron chi connectivity index (χ0n) is 17.9. The van der Waals surface area contributed by atoms with E-state index in [0.29, 0.717) is 17.0 Å².